The van der Waals surface area contributed by atoms with Gasteiger partial charge in [0, 0.05) is 29.1 Å². The number of fused-ring (bicyclic) bond motifs is 3. The van der Waals surface area contributed by atoms with Gasteiger partial charge in [-0.2, -0.15) is 9.61 Å². The van der Waals surface area contributed by atoms with Crippen LogP contribution in [0.2, 0.25) is 0 Å². The van der Waals surface area contributed by atoms with E-state index in [1.54, 1.807) is 6.20 Å². The Labute approximate surface area is 182 Å². The van der Waals surface area contributed by atoms with Crippen LogP contribution in [-0.4, -0.2) is 49.6 Å². The average Bonchev–Trinajstić information content (AvgIpc) is 3.44. The van der Waals surface area contributed by atoms with Crippen LogP contribution in [-0.2, 0) is 16.6 Å². The molecule has 2 aromatic rings. The fourth-order valence-corrected chi connectivity index (χ4v) is 5.77. The Bertz CT molecular complexity index is 997. The molecule has 2 aromatic heterocycles. The number of aromatic nitrogens is 3. The predicted octanol–water partition coefficient (Wildman–Crippen LogP) is 3.32. The number of carbonyl (C=O) groups is 1. The van der Waals surface area contributed by atoms with Crippen molar-refractivity contribution in [3.05, 3.63) is 23.5 Å². The van der Waals surface area contributed by atoms with Crippen molar-refractivity contribution in [1.82, 2.24) is 19.9 Å². The average molecular weight is 428 g/mol. The third-order valence-corrected chi connectivity index (χ3v) is 7.16. The maximum Gasteiger partial charge on any atom is 0.407 e. The Kier molecular flexibility index (Phi) is 4.88. The Balaban J connectivity index is 1.36. The second kappa shape index (κ2) is 7.36. The first-order chi connectivity index (χ1) is 14.7. The Morgan fingerprint density at radius 1 is 1.26 bits per heavy atom. The minimum atomic E-state index is -0.496. The molecule has 0 unspecified atom stereocenters. The van der Waals surface area contributed by atoms with E-state index in [9.17, 15) is 9.90 Å². The molecule has 1 amide bonds. The van der Waals surface area contributed by atoms with Gasteiger partial charge in [-0.25, -0.2) is 9.78 Å². The molecule has 2 heterocycles. The van der Waals surface area contributed by atoms with E-state index in [0.717, 1.165) is 68.5 Å². The SMILES string of the molecule is CC(C)(C)OC(=O)N[C@H]1CC[C@H](Nc2c3c(nc4ccnn24)[C@]2(CCC[C@H]2O)CC3)C1. The summed E-state index contributed by atoms with van der Waals surface area (Å²) in [6, 6.07) is 2.27. The highest BCUT2D eigenvalue weighted by Crippen LogP contribution is 2.51. The maximum atomic E-state index is 12.1. The first-order valence-corrected chi connectivity index (χ1v) is 11.6. The highest BCUT2D eigenvalue weighted by Gasteiger charge is 2.50. The molecule has 8 heteroatoms. The largest absolute Gasteiger partial charge is 0.444 e. The van der Waals surface area contributed by atoms with E-state index in [1.807, 2.05) is 31.4 Å². The van der Waals surface area contributed by atoms with Crippen molar-refractivity contribution >= 4 is 17.6 Å². The zero-order chi connectivity index (χ0) is 21.8. The number of amides is 1. The second-order valence-electron chi connectivity index (χ2n) is 10.5. The number of alkyl carbamates (subject to hydrolysis) is 1. The van der Waals surface area contributed by atoms with Crippen LogP contribution in [0.5, 0.6) is 0 Å². The molecule has 31 heavy (non-hydrogen) atoms. The molecule has 168 valence electrons. The molecule has 3 aliphatic rings. The molecule has 0 aliphatic heterocycles. The number of hydrogen-bond donors (Lipinski definition) is 3. The molecule has 3 aliphatic carbocycles. The lowest BCUT2D eigenvalue weighted by atomic mass is 9.81. The molecule has 2 fully saturated rings. The van der Waals surface area contributed by atoms with Gasteiger partial charge in [-0.15, -0.1) is 0 Å². The van der Waals surface area contributed by atoms with Crippen molar-refractivity contribution in [2.45, 2.75) is 101 Å². The van der Waals surface area contributed by atoms with Crippen molar-refractivity contribution in [2.24, 2.45) is 0 Å². The number of carbonyl (C=O) groups excluding carboxylic acids is 1. The molecular formula is C23H33N5O3. The van der Waals surface area contributed by atoms with Gasteiger partial charge in [0.05, 0.1) is 18.0 Å². The quantitative estimate of drug-likeness (QED) is 0.695. The Hall–Kier alpha value is -2.35. The van der Waals surface area contributed by atoms with Crippen LogP contribution in [0.1, 0.15) is 77.0 Å². The topological polar surface area (TPSA) is 101 Å². The summed E-state index contributed by atoms with van der Waals surface area (Å²) < 4.78 is 7.30. The number of nitrogens with one attached hydrogen (secondary N) is 2. The highest BCUT2D eigenvalue weighted by molar-refractivity contribution is 5.68. The monoisotopic (exact) mass is 427 g/mol. The molecule has 8 nitrogen and oxygen atoms in total. The van der Waals surface area contributed by atoms with E-state index in [2.05, 4.69) is 15.7 Å². The molecule has 0 aromatic carbocycles. The fourth-order valence-electron chi connectivity index (χ4n) is 5.77. The highest BCUT2D eigenvalue weighted by atomic mass is 16.6. The lowest BCUT2D eigenvalue weighted by Gasteiger charge is -2.28. The minimum Gasteiger partial charge on any atom is -0.444 e. The summed E-state index contributed by atoms with van der Waals surface area (Å²) in [6.07, 6.45) is 8.60. The summed E-state index contributed by atoms with van der Waals surface area (Å²) in [5.41, 5.74) is 2.39. The van der Waals surface area contributed by atoms with Gasteiger partial charge < -0.3 is 20.5 Å². The molecule has 1 spiro atoms. The fraction of sp³-hybridized carbons (Fsp3) is 0.696. The second-order valence-corrected chi connectivity index (χ2v) is 10.5. The molecule has 5 rings (SSSR count). The summed E-state index contributed by atoms with van der Waals surface area (Å²) in [5, 5.41) is 22.0. The Morgan fingerprint density at radius 3 is 2.81 bits per heavy atom. The van der Waals surface area contributed by atoms with Crippen molar-refractivity contribution in [3.63, 3.8) is 0 Å². The predicted molar refractivity (Wildman–Crippen MR) is 117 cm³/mol. The van der Waals surface area contributed by atoms with Crippen LogP contribution in [0.15, 0.2) is 12.3 Å². The van der Waals surface area contributed by atoms with Crippen molar-refractivity contribution in [3.8, 4) is 0 Å². The number of aliphatic hydroxyl groups is 1. The Morgan fingerprint density at radius 2 is 2.06 bits per heavy atom. The van der Waals surface area contributed by atoms with E-state index in [4.69, 9.17) is 9.72 Å². The lowest BCUT2D eigenvalue weighted by molar-refractivity contribution is 0.0505. The van der Waals surface area contributed by atoms with Gasteiger partial charge in [0.1, 0.15) is 11.4 Å². The molecule has 2 saturated carbocycles. The van der Waals surface area contributed by atoms with E-state index in [-0.39, 0.29) is 29.7 Å². The van der Waals surface area contributed by atoms with E-state index in [1.165, 1.54) is 5.56 Å². The summed E-state index contributed by atoms with van der Waals surface area (Å²) in [7, 11) is 0. The zero-order valence-corrected chi connectivity index (χ0v) is 18.6. The standard InChI is InChI=1S/C23H33N5O3/c1-22(2,3)31-21(30)26-15-7-6-14(13-15)25-20-16-8-11-23(10-4-5-17(23)29)19(16)27-18-9-12-24-28(18)20/h9,12,14-15,17,25,29H,4-8,10-11,13H2,1-3H3,(H,26,30)/t14-,15-,17+,23+/m0/s1. The molecule has 4 atom stereocenters. The number of aliphatic hydroxyl groups excluding tert-OH is 1. The number of hydrogen-bond acceptors (Lipinski definition) is 6. The normalized spacial score (nSPS) is 30.1. The third kappa shape index (κ3) is 3.64. The van der Waals surface area contributed by atoms with Gasteiger partial charge >= 0.3 is 6.09 Å². The first kappa shape index (κ1) is 20.5. The smallest absolute Gasteiger partial charge is 0.407 e. The van der Waals surface area contributed by atoms with Gasteiger partial charge in [0.15, 0.2) is 5.65 Å². The van der Waals surface area contributed by atoms with Gasteiger partial charge in [0.25, 0.3) is 0 Å². The summed E-state index contributed by atoms with van der Waals surface area (Å²) in [4.78, 5) is 17.1. The maximum absolute atomic E-state index is 12.1. The van der Waals surface area contributed by atoms with Gasteiger partial charge in [0.2, 0.25) is 0 Å². The molecule has 0 saturated heterocycles. The number of rotatable bonds is 3. The summed E-state index contributed by atoms with van der Waals surface area (Å²) in [6.45, 7) is 5.62. The molecule has 0 radical (unpaired) electrons. The first-order valence-electron chi connectivity index (χ1n) is 11.6. The molecule has 3 N–H and O–H groups in total. The van der Waals surface area contributed by atoms with Crippen molar-refractivity contribution in [2.75, 3.05) is 5.32 Å². The van der Waals surface area contributed by atoms with Gasteiger partial charge in [-0.05, 0) is 72.1 Å². The molecule has 0 bridgehead atoms. The van der Waals surface area contributed by atoms with Crippen LogP contribution in [0.25, 0.3) is 5.65 Å². The van der Waals surface area contributed by atoms with Crippen molar-refractivity contribution < 1.29 is 14.6 Å². The van der Waals surface area contributed by atoms with Crippen LogP contribution in [0.3, 0.4) is 0 Å². The van der Waals surface area contributed by atoms with E-state index in [0.29, 0.717) is 0 Å². The summed E-state index contributed by atoms with van der Waals surface area (Å²) in [5.74, 6) is 1.00. The third-order valence-electron chi connectivity index (χ3n) is 7.16. The van der Waals surface area contributed by atoms with Crippen LogP contribution < -0.4 is 10.6 Å². The number of anilines is 1. The van der Waals surface area contributed by atoms with E-state index >= 15 is 0 Å². The lowest BCUT2D eigenvalue weighted by Crippen LogP contribution is -2.38. The van der Waals surface area contributed by atoms with E-state index < -0.39 is 5.60 Å². The zero-order valence-electron chi connectivity index (χ0n) is 18.6. The van der Waals surface area contributed by atoms with Crippen LogP contribution >= 0.6 is 0 Å². The number of nitrogens with zero attached hydrogens (tertiary/aromatic N) is 3. The van der Waals surface area contributed by atoms with Crippen LogP contribution in [0, 0.1) is 0 Å². The van der Waals surface area contributed by atoms with Crippen molar-refractivity contribution in [1.29, 1.82) is 0 Å². The van der Waals surface area contributed by atoms with Gasteiger partial charge in [-0.1, -0.05) is 0 Å². The van der Waals surface area contributed by atoms with Crippen LogP contribution in [0.4, 0.5) is 10.6 Å². The molecular weight excluding hydrogens is 394 g/mol. The van der Waals surface area contributed by atoms with Gasteiger partial charge in [-0.3, -0.25) is 0 Å². The summed E-state index contributed by atoms with van der Waals surface area (Å²) >= 11 is 0. The minimum absolute atomic E-state index is 0.0957. The number of ether oxygens (including phenoxy) is 1.